The van der Waals surface area contributed by atoms with Gasteiger partial charge in [0.15, 0.2) is 9.76 Å². The van der Waals surface area contributed by atoms with Gasteiger partial charge in [0.2, 0.25) is 0 Å². The molecule has 5 heteroatoms. The van der Waals surface area contributed by atoms with Crippen molar-refractivity contribution in [2.75, 3.05) is 26.4 Å². The summed E-state index contributed by atoms with van der Waals surface area (Å²) in [4.78, 5) is 13.5. The molecule has 20 heavy (non-hydrogen) atoms. The Morgan fingerprint density at radius 2 is 1.65 bits per heavy atom. The highest BCUT2D eigenvalue weighted by Gasteiger charge is 1.96. The first-order valence-electron chi connectivity index (χ1n) is 7.90. The first-order chi connectivity index (χ1) is 9.58. The molecule has 0 aliphatic rings. The lowest BCUT2D eigenvalue weighted by Gasteiger charge is -2.04. The summed E-state index contributed by atoms with van der Waals surface area (Å²) in [5.74, 6) is 0.733. The lowest BCUT2D eigenvalue weighted by atomic mass is 10.1. The minimum Gasteiger partial charge on any atom is -0.424 e. The lowest BCUT2D eigenvalue weighted by molar-refractivity contribution is -0.287. The third-order valence-corrected chi connectivity index (χ3v) is 3.79. The smallest absolute Gasteiger partial charge is 0.161 e. The standard InChI is InChI=1S/C11H25NOSi.C4H10O2/c1-5-13-14-8-6-7-12-11(4)9-10(2)3;1-3-5-6-4-2/h10H,5-9,14H2,1-4H3;3-4H2,1-2H3. The van der Waals surface area contributed by atoms with Crippen molar-refractivity contribution in [3.05, 3.63) is 0 Å². The summed E-state index contributed by atoms with van der Waals surface area (Å²) in [5, 5.41) is 0. The van der Waals surface area contributed by atoms with Crippen molar-refractivity contribution in [3.8, 4) is 0 Å². The van der Waals surface area contributed by atoms with E-state index in [1.807, 2.05) is 13.8 Å². The summed E-state index contributed by atoms with van der Waals surface area (Å²) in [6, 6.07) is 1.27. The van der Waals surface area contributed by atoms with Gasteiger partial charge >= 0.3 is 0 Å². The monoisotopic (exact) mass is 305 g/mol. The van der Waals surface area contributed by atoms with Gasteiger partial charge in [0.1, 0.15) is 0 Å². The van der Waals surface area contributed by atoms with Crippen LogP contribution in [0.15, 0.2) is 4.99 Å². The van der Waals surface area contributed by atoms with Gasteiger partial charge in [0.25, 0.3) is 0 Å². The molecule has 0 aromatic carbocycles. The van der Waals surface area contributed by atoms with E-state index in [4.69, 9.17) is 4.43 Å². The zero-order chi connectivity index (χ0) is 15.6. The Labute approximate surface area is 128 Å². The van der Waals surface area contributed by atoms with Crippen molar-refractivity contribution in [1.29, 1.82) is 0 Å². The van der Waals surface area contributed by atoms with Crippen molar-refractivity contribution >= 4 is 15.5 Å². The molecule has 4 nitrogen and oxygen atoms in total. The van der Waals surface area contributed by atoms with Crippen molar-refractivity contribution in [2.45, 2.75) is 60.4 Å². The van der Waals surface area contributed by atoms with Crippen LogP contribution in [-0.2, 0) is 14.2 Å². The molecule has 0 spiro atoms. The van der Waals surface area contributed by atoms with Crippen LogP contribution in [0.2, 0.25) is 6.04 Å². The fourth-order valence-electron chi connectivity index (χ4n) is 1.55. The van der Waals surface area contributed by atoms with E-state index in [1.54, 1.807) is 0 Å². The molecule has 0 rings (SSSR count). The topological polar surface area (TPSA) is 40.0 Å². The molecule has 0 unspecified atom stereocenters. The fraction of sp³-hybridized carbons (Fsp3) is 0.933. The highest BCUT2D eigenvalue weighted by atomic mass is 28.2. The molecular weight excluding hydrogens is 270 g/mol. The van der Waals surface area contributed by atoms with Gasteiger partial charge in [0.05, 0.1) is 13.2 Å². The molecule has 0 heterocycles. The molecule has 0 aromatic heterocycles. The van der Waals surface area contributed by atoms with Crippen LogP contribution in [0.3, 0.4) is 0 Å². The number of rotatable bonds is 11. The summed E-state index contributed by atoms with van der Waals surface area (Å²) >= 11 is 0. The first-order valence-corrected chi connectivity index (χ1v) is 9.48. The van der Waals surface area contributed by atoms with Crippen LogP contribution in [0, 0.1) is 5.92 Å². The van der Waals surface area contributed by atoms with Crippen LogP contribution < -0.4 is 0 Å². The minimum absolute atomic E-state index is 0.225. The number of aliphatic imine (C=N–C) groups is 1. The molecule has 0 aliphatic heterocycles. The Kier molecular flexibility index (Phi) is 20.7. The van der Waals surface area contributed by atoms with E-state index in [2.05, 4.69) is 42.5 Å². The van der Waals surface area contributed by atoms with Crippen LogP contribution in [-0.4, -0.2) is 41.8 Å². The van der Waals surface area contributed by atoms with Crippen LogP contribution >= 0.6 is 0 Å². The van der Waals surface area contributed by atoms with Crippen LogP contribution in [0.5, 0.6) is 0 Å². The maximum atomic E-state index is 5.40. The predicted molar refractivity (Wildman–Crippen MR) is 90.3 cm³/mol. The SMILES string of the molecule is CCOOCC.CCO[SiH2]CCCN=C(C)CC(C)C. The lowest BCUT2D eigenvalue weighted by Crippen LogP contribution is -2.01. The van der Waals surface area contributed by atoms with Gasteiger partial charge in [-0.1, -0.05) is 13.8 Å². The van der Waals surface area contributed by atoms with Gasteiger partial charge in [0, 0.05) is 18.9 Å². The Balaban J connectivity index is 0. The van der Waals surface area contributed by atoms with Crippen molar-refractivity contribution in [1.82, 2.24) is 0 Å². The molecule has 122 valence electrons. The largest absolute Gasteiger partial charge is 0.424 e. The molecular formula is C15H35NO3Si. The molecule has 0 N–H and O–H groups in total. The molecule has 0 aromatic rings. The molecule has 0 amide bonds. The molecule has 0 saturated carbocycles. The second-order valence-electron chi connectivity index (χ2n) is 4.93. The maximum absolute atomic E-state index is 5.40. The van der Waals surface area contributed by atoms with Gasteiger partial charge in [-0.15, -0.1) is 0 Å². The first kappa shape index (κ1) is 22.1. The van der Waals surface area contributed by atoms with Gasteiger partial charge in [-0.3, -0.25) is 4.99 Å². The second kappa shape index (κ2) is 18.8. The zero-order valence-corrected chi connectivity index (χ0v) is 15.8. The molecule has 0 aliphatic carbocycles. The summed E-state index contributed by atoms with van der Waals surface area (Å²) < 4.78 is 5.40. The van der Waals surface area contributed by atoms with Crippen LogP contribution in [0.4, 0.5) is 0 Å². The van der Waals surface area contributed by atoms with E-state index in [0.717, 1.165) is 25.5 Å². The van der Waals surface area contributed by atoms with E-state index in [9.17, 15) is 0 Å². The Morgan fingerprint density at radius 3 is 2.10 bits per heavy atom. The summed E-state index contributed by atoms with van der Waals surface area (Å²) in [6.07, 6.45) is 2.35. The van der Waals surface area contributed by atoms with Crippen LogP contribution in [0.1, 0.15) is 54.4 Å². The van der Waals surface area contributed by atoms with Gasteiger partial charge < -0.3 is 4.43 Å². The van der Waals surface area contributed by atoms with E-state index < -0.39 is 0 Å². The fourth-order valence-corrected chi connectivity index (χ4v) is 2.47. The van der Waals surface area contributed by atoms with Crippen molar-refractivity contribution in [2.24, 2.45) is 10.9 Å². The highest BCUT2D eigenvalue weighted by molar-refractivity contribution is 6.26. The number of nitrogens with zero attached hydrogens (tertiary/aromatic N) is 1. The van der Waals surface area contributed by atoms with E-state index in [1.165, 1.54) is 18.2 Å². The van der Waals surface area contributed by atoms with Gasteiger partial charge in [-0.2, -0.15) is 0 Å². The summed E-state index contributed by atoms with van der Waals surface area (Å²) in [5.41, 5.74) is 1.30. The summed E-state index contributed by atoms with van der Waals surface area (Å²) in [6.45, 7) is 15.6. The predicted octanol–water partition coefficient (Wildman–Crippen LogP) is 3.40. The Bertz CT molecular complexity index is 207. The highest BCUT2D eigenvalue weighted by Crippen LogP contribution is 2.01. The summed E-state index contributed by atoms with van der Waals surface area (Å²) in [7, 11) is -0.225. The number of hydrogen-bond donors (Lipinski definition) is 0. The molecule has 0 radical (unpaired) electrons. The Morgan fingerprint density at radius 1 is 1.05 bits per heavy atom. The van der Waals surface area contributed by atoms with E-state index >= 15 is 0 Å². The Hall–Kier alpha value is -0.233. The average Bonchev–Trinajstić information content (AvgIpc) is 2.40. The van der Waals surface area contributed by atoms with Crippen molar-refractivity contribution in [3.63, 3.8) is 0 Å². The van der Waals surface area contributed by atoms with Crippen molar-refractivity contribution < 1.29 is 14.2 Å². The molecule has 0 fully saturated rings. The third kappa shape index (κ3) is 22.9. The van der Waals surface area contributed by atoms with Crippen LogP contribution in [0.25, 0.3) is 0 Å². The minimum atomic E-state index is -0.225. The van der Waals surface area contributed by atoms with Gasteiger partial charge in [-0.25, -0.2) is 9.78 Å². The molecule has 0 saturated heterocycles. The second-order valence-corrected chi connectivity index (χ2v) is 6.46. The van der Waals surface area contributed by atoms with Gasteiger partial charge in [-0.05, 0) is 52.5 Å². The third-order valence-electron chi connectivity index (χ3n) is 2.31. The zero-order valence-electron chi connectivity index (χ0n) is 14.4. The average molecular weight is 306 g/mol. The molecule has 0 atom stereocenters. The van der Waals surface area contributed by atoms with E-state index in [-0.39, 0.29) is 9.76 Å². The normalized spacial score (nSPS) is 12.1. The quantitative estimate of drug-likeness (QED) is 0.193. The maximum Gasteiger partial charge on any atom is 0.161 e. The number of hydrogen-bond acceptors (Lipinski definition) is 4. The van der Waals surface area contributed by atoms with E-state index in [0.29, 0.717) is 13.2 Å². The molecule has 0 bridgehead atoms.